The molecule has 0 fully saturated rings. The number of rotatable bonds is 6. The zero-order chi connectivity index (χ0) is 16.9. The fourth-order valence-electron chi connectivity index (χ4n) is 2.27. The van der Waals surface area contributed by atoms with Crippen molar-refractivity contribution in [1.29, 1.82) is 0 Å². The molecule has 0 aliphatic carbocycles. The van der Waals surface area contributed by atoms with Crippen LogP contribution in [0, 0.1) is 0 Å². The minimum absolute atomic E-state index is 0.258. The first-order valence-corrected chi connectivity index (χ1v) is 7.32. The molecule has 6 nitrogen and oxygen atoms in total. The second-order valence-electron chi connectivity index (χ2n) is 5.14. The number of carboxylic acid groups (broad SMARTS) is 1. The molecule has 0 unspecified atom stereocenters. The van der Waals surface area contributed by atoms with Gasteiger partial charge in [0.1, 0.15) is 17.1 Å². The molecule has 0 saturated heterocycles. The number of carboxylic acids is 1. The molecule has 3 rings (SSSR count). The van der Waals surface area contributed by atoms with E-state index >= 15 is 0 Å². The van der Waals surface area contributed by atoms with Gasteiger partial charge in [0.25, 0.3) is 5.91 Å². The van der Waals surface area contributed by atoms with Crippen molar-refractivity contribution < 1.29 is 23.8 Å². The number of carbonyl (C=O) groups is 2. The van der Waals surface area contributed by atoms with E-state index < -0.39 is 12.6 Å². The number of hydrogen-bond acceptors (Lipinski definition) is 4. The molecule has 3 aromatic rings. The molecule has 1 aromatic heterocycles. The summed E-state index contributed by atoms with van der Waals surface area (Å²) in [5, 5.41) is 12.4. The van der Waals surface area contributed by atoms with E-state index in [0.717, 1.165) is 11.0 Å². The second kappa shape index (κ2) is 6.87. The number of aliphatic carboxylic acids is 1. The Balaban J connectivity index is 1.64. The van der Waals surface area contributed by atoms with Gasteiger partial charge < -0.3 is 19.6 Å². The van der Waals surface area contributed by atoms with Crippen LogP contribution in [0.15, 0.2) is 59.0 Å². The van der Waals surface area contributed by atoms with Crippen LogP contribution in [-0.2, 0) is 11.3 Å². The SMILES string of the molecule is O=C(O)COc1cccc(C(=O)NCc2cc3ccccc3o2)c1. The van der Waals surface area contributed by atoms with E-state index in [1.54, 1.807) is 18.2 Å². The Labute approximate surface area is 137 Å². The lowest BCUT2D eigenvalue weighted by molar-refractivity contribution is -0.139. The smallest absolute Gasteiger partial charge is 0.341 e. The number of hydrogen-bond donors (Lipinski definition) is 2. The first kappa shape index (κ1) is 15.6. The summed E-state index contributed by atoms with van der Waals surface area (Å²) in [6.07, 6.45) is 0. The summed E-state index contributed by atoms with van der Waals surface area (Å²) in [4.78, 5) is 22.7. The Bertz CT molecular complexity index is 851. The summed E-state index contributed by atoms with van der Waals surface area (Å²) in [6.45, 7) is -0.197. The number of benzene rings is 2. The van der Waals surface area contributed by atoms with Crippen LogP contribution in [0.3, 0.4) is 0 Å². The van der Waals surface area contributed by atoms with Crippen LogP contribution in [-0.4, -0.2) is 23.6 Å². The number of nitrogens with one attached hydrogen (secondary N) is 1. The molecule has 0 bridgehead atoms. The summed E-state index contributed by atoms with van der Waals surface area (Å²) < 4.78 is 10.7. The lowest BCUT2D eigenvalue weighted by Crippen LogP contribution is -2.22. The quantitative estimate of drug-likeness (QED) is 0.727. The number of para-hydroxylation sites is 1. The lowest BCUT2D eigenvalue weighted by Gasteiger charge is -2.06. The number of ether oxygens (including phenoxy) is 1. The minimum atomic E-state index is -1.07. The van der Waals surface area contributed by atoms with Gasteiger partial charge in [-0.2, -0.15) is 0 Å². The molecule has 24 heavy (non-hydrogen) atoms. The third-order valence-corrected chi connectivity index (χ3v) is 3.36. The standard InChI is InChI=1S/C18H15NO5/c20-17(21)11-23-14-6-3-5-13(9-14)18(22)19-10-15-8-12-4-1-2-7-16(12)24-15/h1-9H,10-11H2,(H,19,22)(H,20,21). The van der Waals surface area contributed by atoms with E-state index in [1.807, 2.05) is 30.3 Å². The van der Waals surface area contributed by atoms with Gasteiger partial charge in [-0.3, -0.25) is 4.79 Å². The third-order valence-electron chi connectivity index (χ3n) is 3.36. The maximum atomic E-state index is 12.2. The molecule has 2 N–H and O–H groups in total. The maximum Gasteiger partial charge on any atom is 0.341 e. The van der Waals surface area contributed by atoms with Crippen molar-refractivity contribution in [2.75, 3.05) is 6.61 Å². The average Bonchev–Trinajstić information content (AvgIpc) is 3.01. The predicted octanol–water partition coefficient (Wildman–Crippen LogP) is 2.83. The molecule has 6 heteroatoms. The van der Waals surface area contributed by atoms with E-state index in [4.69, 9.17) is 14.3 Å². The summed E-state index contributed by atoms with van der Waals surface area (Å²) in [5.41, 5.74) is 1.15. The zero-order valence-corrected chi connectivity index (χ0v) is 12.7. The fourth-order valence-corrected chi connectivity index (χ4v) is 2.27. The van der Waals surface area contributed by atoms with Crippen molar-refractivity contribution in [3.05, 3.63) is 65.9 Å². The van der Waals surface area contributed by atoms with Gasteiger partial charge in [0, 0.05) is 10.9 Å². The topological polar surface area (TPSA) is 88.8 Å². The molecule has 1 heterocycles. The summed E-state index contributed by atoms with van der Waals surface area (Å²) >= 11 is 0. The van der Waals surface area contributed by atoms with Gasteiger partial charge >= 0.3 is 5.97 Å². The highest BCUT2D eigenvalue weighted by molar-refractivity contribution is 5.94. The molecular weight excluding hydrogens is 310 g/mol. The predicted molar refractivity (Wildman–Crippen MR) is 87.0 cm³/mol. The van der Waals surface area contributed by atoms with Crippen molar-refractivity contribution in [2.24, 2.45) is 0 Å². The first-order valence-electron chi connectivity index (χ1n) is 7.32. The van der Waals surface area contributed by atoms with Gasteiger partial charge in [0.2, 0.25) is 0 Å². The number of amides is 1. The third kappa shape index (κ3) is 3.73. The van der Waals surface area contributed by atoms with Crippen LogP contribution in [0.2, 0.25) is 0 Å². The van der Waals surface area contributed by atoms with Crippen LogP contribution in [0.1, 0.15) is 16.1 Å². The van der Waals surface area contributed by atoms with E-state index in [2.05, 4.69) is 5.32 Å². The Morgan fingerprint density at radius 3 is 2.71 bits per heavy atom. The fraction of sp³-hybridized carbons (Fsp3) is 0.111. The van der Waals surface area contributed by atoms with Crippen LogP contribution in [0.5, 0.6) is 5.75 Å². The van der Waals surface area contributed by atoms with E-state index in [-0.39, 0.29) is 12.5 Å². The minimum Gasteiger partial charge on any atom is -0.482 e. The normalized spacial score (nSPS) is 10.5. The molecule has 122 valence electrons. The molecule has 0 radical (unpaired) electrons. The lowest BCUT2D eigenvalue weighted by atomic mass is 10.2. The van der Waals surface area contributed by atoms with Crippen molar-refractivity contribution in [2.45, 2.75) is 6.54 Å². The molecule has 0 atom stereocenters. The van der Waals surface area contributed by atoms with Crippen LogP contribution in [0.4, 0.5) is 0 Å². The molecule has 2 aromatic carbocycles. The first-order chi connectivity index (χ1) is 11.6. The average molecular weight is 325 g/mol. The van der Waals surface area contributed by atoms with Crippen LogP contribution in [0.25, 0.3) is 11.0 Å². The van der Waals surface area contributed by atoms with Gasteiger partial charge in [-0.1, -0.05) is 24.3 Å². The summed E-state index contributed by atoms with van der Waals surface area (Å²) in [6, 6.07) is 15.8. The van der Waals surface area contributed by atoms with Crippen LogP contribution >= 0.6 is 0 Å². The Morgan fingerprint density at radius 2 is 1.92 bits per heavy atom. The van der Waals surface area contributed by atoms with Gasteiger partial charge in [-0.05, 0) is 30.3 Å². The van der Waals surface area contributed by atoms with Crippen molar-refractivity contribution >= 4 is 22.8 Å². The Hall–Kier alpha value is -3.28. The highest BCUT2D eigenvalue weighted by atomic mass is 16.5. The summed E-state index contributed by atoms with van der Waals surface area (Å²) in [5.74, 6) is -0.386. The van der Waals surface area contributed by atoms with Crippen molar-refractivity contribution in [1.82, 2.24) is 5.32 Å². The number of fused-ring (bicyclic) bond motifs is 1. The van der Waals surface area contributed by atoms with Crippen molar-refractivity contribution in [3.63, 3.8) is 0 Å². The van der Waals surface area contributed by atoms with Gasteiger partial charge in [0.05, 0.1) is 6.54 Å². The highest BCUT2D eigenvalue weighted by Crippen LogP contribution is 2.19. The van der Waals surface area contributed by atoms with E-state index in [9.17, 15) is 9.59 Å². The largest absolute Gasteiger partial charge is 0.482 e. The van der Waals surface area contributed by atoms with Crippen LogP contribution < -0.4 is 10.1 Å². The monoisotopic (exact) mass is 325 g/mol. The highest BCUT2D eigenvalue weighted by Gasteiger charge is 2.09. The number of carbonyl (C=O) groups excluding carboxylic acids is 1. The molecule has 1 amide bonds. The maximum absolute atomic E-state index is 12.2. The van der Waals surface area contributed by atoms with E-state index in [0.29, 0.717) is 17.1 Å². The van der Waals surface area contributed by atoms with E-state index in [1.165, 1.54) is 6.07 Å². The molecule has 0 aliphatic rings. The summed E-state index contributed by atoms with van der Waals surface area (Å²) in [7, 11) is 0. The molecule has 0 aliphatic heterocycles. The van der Waals surface area contributed by atoms with Gasteiger partial charge in [-0.25, -0.2) is 4.79 Å². The molecule has 0 saturated carbocycles. The second-order valence-corrected chi connectivity index (χ2v) is 5.14. The van der Waals surface area contributed by atoms with Crippen molar-refractivity contribution in [3.8, 4) is 5.75 Å². The number of furan rings is 1. The zero-order valence-electron chi connectivity index (χ0n) is 12.7. The van der Waals surface area contributed by atoms with Gasteiger partial charge in [0.15, 0.2) is 6.61 Å². The Morgan fingerprint density at radius 1 is 1.08 bits per heavy atom. The molecular formula is C18H15NO5. The van der Waals surface area contributed by atoms with Gasteiger partial charge in [-0.15, -0.1) is 0 Å². The Kier molecular flexibility index (Phi) is 4.47. The molecule has 0 spiro atoms.